The van der Waals surface area contributed by atoms with Crippen LogP contribution < -0.4 is 19.5 Å². The minimum atomic E-state index is -0.282. The third-order valence-electron chi connectivity index (χ3n) is 4.57. The molecule has 2 aliphatic rings. The summed E-state index contributed by atoms with van der Waals surface area (Å²) in [6, 6.07) is 3.63. The molecule has 0 saturated carbocycles. The highest BCUT2D eigenvalue weighted by atomic mass is 16.5. The van der Waals surface area contributed by atoms with E-state index >= 15 is 0 Å². The van der Waals surface area contributed by atoms with Crippen molar-refractivity contribution in [2.75, 3.05) is 21.3 Å². The molecule has 0 fully saturated rings. The summed E-state index contributed by atoms with van der Waals surface area (Å²) in [6.07, 6.45) is 2.27. The molecule has 1 aromatic carbocycles. The number of amides is 1. The maximum absolute atomic E-state index is 12.5. The first-order valence-electron chi connectivity index (χ1n) is 7.95. The van der Waals surface area contributed by atoms with Gasteiger partial charge in [0.05, 0.1) is 21.3 Å². The van der Waals surface area contributed by atoms with Crippen LogP contribution in [0.5, 0.6) is 17.2 Å². The molecule has 0 spiro atoms. The van der Waals surface area contributed by atoms with Gasteiger partial charge in [-0.1, -0.05) is 0 Å². The fraction of sp³-hybridized carbons (Fsp3) is 0.444. The molecule has 1 aromatic rings. The van der Waals surface area contributed by atoms with Gasteiger partial charge in [-0.2, -0.15) is 0 Å². The van der Waals surface area contributed by atoms with Gasteiger partial charge in [0.15, 0.2) is 17.3 Å². The molecule has 6 nitrogen and oxygen atoms in total. The fourth-order valence-electron chi connectivity index (χ4n) is 3.49. The van der Waals surface area contributed by atoms with Gasteiger partial charge in [-0.05, 0) is 30.5 Å². The largest absolute Gasteiger partial charge is 0.493 e. The van der Waals surface area contributed by atoms with Gasteiger partial charge in [-0.25, -0.2) is 0 Å². The van der Waals surface area contributed by atoms with Gasteiger partial charge in [0.25, 0.3) is 0 Å². The second-order valence-corrected chi connectivity index (χ2v) is 5.93. The zero-order valence-electron chi connectivity index (χ0n) is 14.1. The number of nitrogens with one attached hydrogen (secondary N) is 1. The van der Waals surface area contributed by atoms with Crippen LogP contribution in [0.3, 0.4) is 0 Å². The maximum atomic E-state index is 12.5. The second-order valence-electron chi connectivity index (χ2n) is 5.93. The summed E-state index contributed by atoms with van der Waals surface area (Å²) in [4.78, 5) is 24.6. The number of hydrogen-bond donors (Lipinski definition) is 1. The Labute approximate surface area is 140 Å². The van der Waals surface area contributed by atoms with Crippen LogP contribution in [0.2, 0.25) is 0 Å². The first-order chi connectivity index (χ1) is 11.6. The Hall–Kier alpha value is -2.50. The zero-order valence-corrected chi connectivity index (χ0v) is 14.1. The van der Waals surface area contributed by atoms with Crippen LogP contribution in [0.1, 0.15) is 37.2 Å². The molecule has 24 heavy (non-hydrogen) atoms. The molecular weight excluding hydrogens is 310 g/mol. The summed E-state index contributed by atoms with van der Waals surface area (Å²) in [5.74, 6) is 1.28. The monoisotopic (exact) mass is 331 g/mol. The summed E-state index contributed by atoms with van der Waals surface area (Å²) in [5.41, 5.74) is 2.30. The van der Waals surface area contributed by atoms with Crippen molar-refractivity contribution in [2.45, 2.75) is 31.6 Å². The van der Waals surface area contributed by atoms with Crippen LogP contribution in [-0.4, -0.2) is 33.0 Å². The van der Waals surface area contributed by atoms with E-state index < -0.39 is 0 Å². The van der Waals surface area contributed by atoms with E-state index in [4.69, 9.17) is 14.2 Å². The van der Waals surface area contributed by atoms with Crippen molar-refractivity contribution in [1.29, 1.82) is 0 Å². The topological polar surface area (TPSA) is 73.9 Å². The van der Waals surface area contributed by atoms with E-state index in [2.05, 4.69) is 5.32 Å². The molecule has 1 atom stereocenters. The van der Waals surface area contributed by atoms with E-state index in [0.717, 1.165) is 29.7 Å². The highest BCUT2D eigenvalue weighted by Crippen LogP contribution is 2.44. The third kappa shape index (κ3) is 2.72. The van der Waals surface area contributed by atoms with Crippen LogP contribution >= 0.6 is 0 Å². The summed E-state index contributed by atoms with van der Waals surface area (Å²) in [6.45, 7) is 0. The Morgan fingerprint density at radius 2 is 1.67 bits per heavy atom. The predicted octanol–water partition coefficient (Wildman–Crippen LogP) is 2.32. The van der Waals surface area contributed by atoms with Gasteiger partial charge in [0.1, 0.15) is 0 Å². The number of rotatable bonds is 4. The van der Waals surface area contributed by atoms with Crippen LogP contribution in [0, 0.1) is 0 Å². The van der Waals surface area contributed by atoms with Crippen LogP contribution in [0.4, 0.5) is 0 Å². The zero-order chi connectivity index (χ0) is 17.3. The number of carbonyl (C=O) groups is 2. The highest BCUT2D eigenvalue weighted by Gasteiger charge is 2.35. The maximum Gasteiger partial charge on any atom is 0.225 e. The fourth-order valence-corrected chi connectivity index (χ4v) is 3.49. The van der Waals surface area contributed by atoms with Gasteiger partial charge in [0, 0.05) is 30.0 Å². The van der Waals surface area contributed by atoms with Crippen LogP contribution in [0.15, 0.2) is 23.4 Å². The summed E-state index contributed by atoms with van der Waals surface area (Å²) in [5, 5.41) is 2.86. The number of Topliss-reactive ketones (excluding diaryl/α,β-unsaturated/α-hetero) is 1. The smallest absolute Gasteiger partial charge is 0.225 e. The molecule has 0 radical (unpaired) electrons. The molecule has 0 saturated heterocycles. The van der Waals surface area contributed by atoms with Crippen molar-refractivity contribution in [1.82, 2.24) is 5.32 Å². The van der Waals surface area contributed by atoms with Crippen LogP contribution in [0.25, 0.3) is 0 Å². The molecule has 0 bridgehead atoms. The lowest BCUT2D eigenvalue weighted by atomic mass is 9.78. The molecule has 1 N–H and O–H groups in total. The van der Waals surface area contributed by atoms with Crippen molar-refractivity contribution >= 4 is 11.7 Å². The number of methoxy groups -OCH3 is 3. The number of allylic oxidation sites excluding steroid dienone is 2. The van der Waals surface area contributed by atoms with E-state index in [1.165, 1.54) is 0 Å². The van der Waals surface area contributed by atoms with Crippen molar-refractivity contribution in [3.05, 3.63) is 29.0 Å². The van der Waals surface area contributed by atoms with E-state index in [1.807, 2.05) is 12.1 Å². The van der Waals surface area contributed by atoms with Crippen molar-refractivity contribution in [3.8, 4) is 17.2 Å². The van der Waals surface area contributed by atoms with Crippen LogP contribution in [-0.2, 0) is 9.59 Å². The minimum Gasteiger partial charge on any atom is -0.493 e. The van der Waals surface area contributed by atoms with Gasteiger partial charge in [-0.3, -0.25) is 9.59 Å². The Morgan fingerprint density at radius 3 is 2.25 bits per heavy atom. The first-order valence-corrected chi connectivity index (χ1v) is 7.95. The molecular formula is C18H21NO5. The third-order valence-corrected chi connectivity index (χ3v) is 4.57. The number of ether oxygens (including phenoxy) is 3. The predicted molar refractivity (Wildman–Crippen MR) is 87.5 cm³/mol. The number of ketones is 1. The van der Waals surface area contributed by atoms with E-state index in [-0.39, 0.29) is 24.0 Å². The standard InChI is InChI=1S/C18H21NO5/c1-22-14-7-10(8-15(23-2)18(14)24-3)11-9-16(21)19-12-5-4-6-13(20)17(11)12/h7-8,11H,4-6,9H2,1-3H3,(H,19,21)/t11-/m1/s1. The molecule has 0 unspecified atom stereocenters. The van der Waals surface area contributed by atoms with Crippen molar-refractivity contribution in [2.24, 2.45) is 0 Å². The molecule has 128 valence electrons. The lowest BCUT2D eigenvalue weighted by Gasteiger charge is -2.31. The molecule has 1 heterocycles. The lowest BCUT2D eigenvalue weighted by Crippen LogP contribution is -2.36. The van der Waals surface area contributed by atoms with E-state index in [1.54, 1.807) is 21.3 Å². The molecule has 1 amide bonds. The Balaban J connectivity index is 2.13. The Bertz CT molecular complexity index is 697. The first kappa shape index (κ1) is 16.4. The van der Waals surface area contributed by atoms with Crippen molar-refractivity contribution in [3.63, 3.8) is 0 Å². The lowest BCUT2D eigenvalue weighted by molar-refractivity contribution is -0.122. The van der Waals surface area contributed by atoms with E-state index in [0.29, 0.717) is 23.7 Å². The highest BCUT2D eigenvalue weighted by molar-refractivity contribution is 6.01. The van der Waals surface area contributed by atoms with Gasteiger partial charge >= 0.3 is 0 Å². The van der Waals surface area contributed by atoms with Gasteiger partial charge < -0.3 is 19.5 Å². The SMILES string of the molecule is COc1cc([C@H]2CC(=O)NC3=C2C(=O)CCC3)cc(OC)c1OC. The average molecular weight is 331 g/mol. The van der Waals surface area contributed by atoms with Gasteiger partial charge in [0.2, 0.25) is 11.7 Å². The van der Waals surface area contributed by atoms with E-state index in [9.17, 15) is 9.59 Å². The summed E-state index contributed by atoms with van der Waals surface area (Å²) < 4.78 is 16.1. The normalized spacial score (nSPS) is 20.4. The average Bonchev–Trinajstić information content (AvgIpc) is 2.59. The molecule has 1 aliphatic carbocycles. The Morgan fingerprint density at radius 1 is 1.00 bits per heavy atom. The quantitative estimate of drug-likeness (QED) is 0.916. The number of hydrogen-bond acceptors (Lipinski definition) is 5. The van der Waals surface area contributed by atoms with Crippen molar-refractivity contribution < 1.29 is 23.8 Å². The summed E-state index contributed by atoms with van der Waals surface area (Å²) in [7, 11) is 4.63. The van der Waals surface area contributed by atoms with Gasteiger partial charge in [-0.15, -0.1) is 0 Å². The molecule has 6 heteroatoms. The molecule has 1 aliphatic heterocycles. The second kappa shape index (κ2) is 6.55. The molecule has 0 aromatic heterocycles. The number of benzene rings is 1. The summed E-state index contributed by atoms with van der Waals surface area (Å²) >= 11 is 0. The minimum absolute atomic E-state index is 0.0674. The number of carbonyl (C=O) groups excluding carboxylic acids is 2. The Kier molecular flexibility index (Phi) is 4.46. The molecule has 3 rings (SSSR count).